The normalized spacial score (nSPS) is 9.00. The predicted octanol–water partition coefficient (Wildman–Crippen LogP) is 1.87. The molecule has 0 aliphatic rings. The Labute approximate surface area is 52.7 Å². The fourth-order valence-electron chi connectivity index (χ4n) is 0.477. The van der Waals surface area contributed by atoms with Gasteiger partial charge in [0.2, 0.25) is 0 Å². The van der Waals surface area contributed by atoms with E-state index in [1.54, 1.807) is 11.3 Å². The smallest absolute Gasteiger partial charge is 0.0962 e. The average molecular weight is 125 g/mol. The average Bonchev–Trinajstić information content (AvgIpc) is 2.19. The first kappa shape index (κ1) is 5.51. The van der Waals surface area contributed by atoms with E-state index in [9.17, 15) is 0 Å². The van der Waals surface area contributed by atoms with Crippen LogP contribution in [0, 0.1) is 0 Å². The molecule has 1 heterocycles. The molecule has 0 N–H and O–H groups in total. The molecule has 0 saturated carbocycles. The molecule has 0 radical (unpaired) electrons. The van der Waals surface area contributed by atoms with Gasteiger partial charge in [-0.25, -0.2) is 4.98 Å². The zero-order chi connectivity index (χ0) is 5.82. The lowest BCUT2D eigenvalue weighted by molar-refractivity contribution is 1.19. The van der Waals surface area contributed by atoms with Gasteiger partial charge in [-0.3, -0.25) is 0 Å². The maximum Gasteiger partial charge on any atom is 0.0962 e. The standard InChI is InChI=1S/C6H7NS/c1-2-3-6-7-4-5-8-6/h2,4-5H,1,3H2. The van der Waals surface area contributed by atoms with Crippen LogP contribution in [0.2, 0.25) is 0 Å². The van der Waals surface area contributed by atoms with E-state index < -0.39 is 0 Å². The Morgan fingerprint density at radius 2 is 2.75 bits per heavy atom. The molecule has 1 nitrogen and oxygen atoms in total. The van der Waals surface area contributed by atoms with Gasteiger partial charge in [0.05, 0.1) is 5.01 Å². The van der Waals surface area contributed by atoms with Crippen molar-refractivity contribution in [2.45, 2.75) is 6.42 Å². The van der Waals surface area contributed by atoms with Gasteiger partial charge in [0.1, 0.15) is 0 Å². The maximum atomic E-state index is 4.05. The van der Waals surface area contributed by atoms with Gasteiger partial charge in [-0.1, -0.05) is 6.08 Å². The monoisotopic (exact) mass is 125 g/mol. The van der Waals surface area contributed by atoms with Gasteiger partial charge in [0, 0.05) is 18.0 Å². The van der Waals surface area contributed by atoms with Crippen LogP contribution in [-0.2, 0) is 6.42 Å². The summed E-state index contributed by atoms with van der Waals surface area (Å²) in [7, 11) is 0. The Bertz CT molecular complexity index is 155. The predicted molar refractivity (Wildman–Crippen MR) is 36.0 cm³/mol. The number of hydrogen-bond donors (Lipinski definition) is 0. The molecular formula is C6H7NS. The molecule has 0 saturated heterocycles. The first-order valence-electron chi connectivity index (χ1n) is 2.43. The van der Waals surface area contributed by atoms with Crippen LogP contribution in [0.15, 0.2) is 24.2 Å². The first-order valence-corrected chi connectivity index (χ1v) is 3.30. The molecule has 1 aromatic heterocycles. The number of hydrogen-bond acceptors (Lipinski definition) is 2. The van der Waals surface area contributed by atoms with Crippen LogP contribution in [0.25, 0.3) is 0 Å². The molecule has 0 amide bonds. The molecule has 8 heavy (non-hydrogen) atoms. The van der Waals surface area contributed by atoms with E-state index >= 15 is 0 Å². The molecule has 2 heteroatoms. The summed E-state index contributed by atoms with van der Waals surface area (Å²) in [4.78, 5) is 4.05. The van der Waals surface area contributed by atoms with Gasteiger partial charge in [-0.15, -0.1) is 17.9 Å². The van der Waals surface area contributed by atoms with Gasteiger partial charge in [0.15, 0.2) is 0 Å². The van der Waals surface area contributed by atoms with Crippen molar-refractivity contribution in [3.63, 3.8) is 0 Å². The molecular weight excluding hydrogens is 118 g/mol. The number of thiazole rings is 1. The Hall–Kier alpha value is -0.630. The number of aromatic nitrogens is 1. The summed E-state index contributed by atoms with van der Waals surface area (Å²) in [6.07, 6.45) is 4.57. The van der Waals surface area contributed by atoms with E-state index in [1.807, 2.05) is 17.7 Å². The molecule has 0 atom stereocenters. The molecule has 42 valence electrons. The van der Waals surface area contributed by atoms with Crippen molar-refractivity contribution >= 4 is 11.3 Å². The minimum absolute atomic E-state index is 0.900. The Morgan fingerprint density at radius 3 is 3.25 bits per heavy atom. The number of nitrogens with zero attached hydrogens (tertiary/aromatic N) is 1. The fourth-order valence-corrected chi connectivity index (χ4v) is 1.09. The summed E-state index contributed by atoms with van der Waals surface area (Å²) in [6, 6.07) is 0. The summed E-state index contributed by atoms with van der Waals surface area (Å²) in [5.74, 6) is 0. The molecule has 1 rings (SSSR count). The third-order valence-electron chi connectivity index (χ3n) is 0.802. The lowest BCUT2D eigenvalue weighted by Gasteiger charge is -1.79. The molecule has 0 aliphatic heterocycles. The molecule has 0 aliphatic carbocycles. The van der Waals surface area contributed by atoms with Crippen LogP contribution in [0.5, 0.6) is 0 Å². The summed E-state index contributed by atoms with van der Waals surface area (Å²) in [5.41, 5.74) is 0. The number of rotatable bonds is 2. The van der Waals surface area contributed by atoms with Crippen molar-refractivity contribution in [3.8, 4) is 0 Å². The van der Waals surface area contributed by atoms with E-state index in [2.05, 4.69) is 11.6 Å². The van der Waals surface area contributed by atoms with Crippen molar-refractivity contribution in [1.29, 1.82) is 0 Å². The zero-order valence-electron chi connectivity index (χ0n) is 4.50. The molecule has 0 aromatic carbocycles. The van der Waals surface area contributed by atoms with Gasteiger partial charge in [0.25, 0.3) is 0 Å². The summed E-state index contributed by atoms with van der Waals surface area (Å²) in [6.45, 7) is 3.60. The lowest BCUT2D eigenvalue weighted by Crippen LogP contribution is -1.73. The third-order valence-corrected chi connectivity index (χ3v) is 1.60. The maximum absolute atomic E-state index is 4.05. The first-order chi connectivity index (χ1) is 3.93. The molecule has 0 fully saturated rings. The third kappa shape index (κ3) is 1.17. The van der Waals surface area contributed by atoms with Crippen molar-refractivity contribution in [2.75, 3.05) is 0 Å². The van der Waals surface area contributed by atoms with Crippen molar-refractivity contribution in [3.05, 3.63) is 29.2 Å². The van der Waals surface area contributed by atoms with Crippen LogP contribution in [0.1, 0.15) is 5.01 Å². The second-order valence-electron chi connectivity index (χ2n) is 1.42. The molecule has 0 spiro atoms. The van der Waals surface area contributed by atoms with Gasteiger partial charge >= 0.3 is 0 Å². The SMILES string of the molecule is C=CCc1nccs1. The van der Waals surface area contributed by atoms with E-state index in [1.165, 1.54) is 0 Å². The molecule has 1 aromatic rings. The number of allylic oxidation sites excluding steroid dienone is 1. The summed E-state index contributed by atoms with van der Waals surface area (Å²) >= 11 is 1.67. The van der Waals surface area contributed by atoms with Crippen LogP contribution >= 0.6 is 11.3 Å². The minimum atomic E-state index is 0.900. The lowest BCUT2D eigenvalue weighted by atomic mass is 10.4. The second-order valence-corrected chi connectivity index (χ2v) is 2.40. The largest absolute Gasteiger partial charge is 0.249 e. The van der Waals surface area contributed by atoms with E-state index in [-0.39, 0.29) is 0 Å². The quantitative estimate of drug-likeness (QED) is 0.550. The summed E-state index contributed by atoms with van der Waals surface area (Å²) < 4.78 is 0. The highest BCUT2D eigenvalue weighted by molar-refractivity contribution is 7.09. The van der Waals surface area contributed by atoms with E-state index in [0.717, 1.165) is 11.4 Å². The molecule has 0 bridgehead atoms. The minimum Gasteiger partial charge on any atom is -0.249 e. The van der Waals surface area contributed by atoms with E-state index in [4.69, 9.17) is 0 Å². The highest BCUT2D eigenvalue weighted by Crippen LogP contribution is 2.03. The Kier molecular flexibility index (Phi) is 1.80. The van der Waals surface area contributed by atoms with Gasteiger partial charge < -0.3 is 0 Å². The van der Waals surface area contributed by atoms with Crippen LogP contribution < -0.4 is 0 Å². The highest BCUT2D eigenvalue weighted by Gasteiger charge is 1.86. The zero-order valence-corrected chi connectivity index (χ0v) is 5.32. The molecule has 0 unspecified atom stereocenters. The fraction of sp³-hybridized carbons (Fsp3) is 0.167. The van der Waals surface area contributed by atoms with Crippen LogP contribution in [0.4, 0.5) is 0 Å². The highest BCUT2D eigenvalue weighted by atomic mass is 32.1. The van der Waals surface area contributed by atoms with Crippen LogP contribution in [0.3, 0.4) is 0 Å². The van der Waals surface area contributed by atoms with Crippen molar-refractivity contribution < 1.29 is 0 Å². The second kappa shape index (κ2) is 2.62. The van der Waals surface area contributed by atoms with E-state index in [0.29, 0.717) is 0 Å². The van der Waals surface area contributed by atoms with Crippen LogP contribution in [-0.4, -0.2) is 4.98 Å². The Balaban J connectivity index is 2.62. The Morgan fingerprint density at radius 1 is 1.88 bits per heavy atom. The summed E-state index contributed by atoms with van der Waals surface area (Å²) in [5, 5.41) is 3.11. The van der Waals surface area contributed by atoms with Gasteiger partial charge in [-0.2, -0.15) is 0 Å². The van der Waals surface area contributed by atoms with Crippen molar-refractivity contribution in [2.24, 2.45) is 0 Å². The van der Waals surface area contributed by atoms with Crippen molar-refractivity contribution in [1.82, 2.24) is 4.98 Å². The topological polar surface area (TPSA) is 12.9 Å². The van der Waals surface area contributed by atoms with Gasteiger partial charge in [-0.05, 0) is 0 Å².